The van der Waals surface area contributed by atoms with Crippen LogP contribution in [-0.2, 0) is 16.3 Å². The average molecular weight is 424 g/mol. The van der Waals surface area contributed by atoms with Crippen molar-refractivity contribution >= 4 is 9.84 Å². The van der Waals surface area contributed by atoms with Crippen molar-refractivity contribution in [1.82, 2.24) is 15.3 Å². The average Bonchev–Trinajstić information content (AvgIpc) is 2.80. The second-order valence-corrected chi connectivity index (χ2v) is 9.30. The quantitative estimate of drug-likeness (QED) is 0.610. The Kier molecular flexibility index (Phi) is 6.11. The molecule has 0 radical (unpaired) electrons. The molecule has 1 saturated heterocycles. The molecule has 7 heteroatoms. The number of hydrogen-bond donors (Lipinski definition) is 1. The van der Waals surface area contributed by atoms with Crippen molar-refractivity contribution in [1.29, 1.82) is 0 Å². The van der Waals surface area contributed by atoms with Crippen LogP contribution in [0.3, 0.4) is 0 Å². The first-order valence-electron chi connectivity index (χ1n) is 10.1. The molecule has 1 aliphatic heterocycles. The summed E-state index contributed by atoms with van der Waals surface area (Å²) in [4.78, 5) is 8.04. The molecule has 0 amide bonds. The van der Waals surface area contributed by atoms with Gasteiger partial charge in [0.05, 0.1) is 12.0 Å². The van der Waals surface area contributed by atoms with Gasteiger partial charge in [0, 0.05) is 18.4 Å². The largest absolute Gasteiger partial charge is 0.496 e. The molecule has 1 N–H and O–H groups in total. The Hall–Kier alpha value is -2.77. The smallest absolute Gasteiger partial charge is 0.251 e. The lowest BCUT2D eigenvalue weighted by Crippen LogP contribution is -2.35. The van der Waals surface area contributed by atoms with E-state index in [0.717, 1.165) is 31.4 Å². The van der Waals surface area contributed by atoms with E-state index in [0.29, 0.717) is 11.7 Å². The standard InChI is InChI=1S/C23H25N3O3S/c1-29-21-11-10-20(30(27,28)23-25-13-6-14-26-23)16-19(21)15-18-9-5-12-24-22(18)17-7-3-2-4-8-17/h2-4,6-8,10-11,13-14,16,18,22,24H,5,9,12,15H2,1H3/t18?,22-/m1/s1. The van der Waals surface area contributed by atoms with Gasteiger partial charge in [-0.1, -0.05) is 30.3 Å². The van der Waals surface area contributed by atoms with E-state index in [-0.39, 0.29) is 16.1 Å². The van der Waals surface area contributed by atoms with Crippen LogP contribution >= 0.6 is 0 Å². The highest BCUT2D eigenvalue weighted by molar-refractivity contribution is 7.91. The van der Waals surface area contributed by atoms with Gasteiger partial charge in [0.25, 0.3) is 5.16 Å². The Bertz CT molecular complexity index is 1090. The number of nitrogens with zero attached hydrogens (tertiary/aromatic N) is 2. The zero-order valence-corrected chi connectivity index (χ0v) is 17.7. The number of hydrogen-bond acceptors (Lipinski definition) is 6. The number of piperidine rings is 1. The highest BCUT2D eigenvalue weighted by Gasteiger charge is 2.28. The van der Waals surface area contributed by atoms with E-state index in [9.17, 15) is 8.42 Å². The minimum absolute atomic E-state index is 0.185. The fourth-order valence-corrected chi connectivity index (χ4v) is 5.27. The summed E-state index contributed by atoms with van der Waals surface area (Å²) in [6.07, 6.45) is 5.74. The highest BCUT2D eigenvalue weighted by Crippen LogP contribution is 2.35. The molecule has 1 aromatic heterocycles. The molecule has 0 saturated carbocycles. The van der Waals surface area contributed by atoms with Crippen LogP contribution in [0.4, 0.5) is 0 Å². The maximum atomic E-state index is 13.0. The van der Waals surface area contributed by atoms with E-state index >= 15 is 0 Å². The Labute approximate surface area is 177 Å². The SMILES string of the molecule is COc1ccc(S(=O)(=O)c2ncccn2)cc1CC1CCCN[C@@H]1c1ccccc1. The van der Waals surface area contributed by atoms with E-state index in [1.807, 2.05) is 6.07 Å². The topological polar surface area (TPSA) is 81.2 Å². The predicted molar refractivity (Wildman–Crippen MR) is 114 cm³/mol. The monoisotopic (exact) mass is 423 g/mol. The Balaban J connectivity index is 1.67. The van der Waals surface area contributed by atoms with E-state index in [4.69, 9.17) is 4.74 Å². The van der Waals surface area contributed by atoms with Crippen molar-refractivity contribution in [2.75, 3.05) is 13.7 Å². The number of ether oxygens (including phenoxy) is 1. The number of aromatic nitrogens is 2. The van der Waals surface area contributed by atoms with Gasteiger partial charge in [-0.2, -0.15) is 0 Å². The second kappa shape index (κ2) is 8.93. The molecule has 30 heavy (non-hydrogen) atoms. The van der Waals surface area contributed by atoms with E-state index in [2.05, 4.69) is 39.6 Å². The Morgan fingerprint density at radius 2 is 1.83 bits per heavy atom. The van der Waals surface area contributed by atoms with Crippen molar-refractivity contribution in [3.8, 4) is 5.75 Å². The van der Waals surface area contributed by atoms with Crippen LogP contribution in [0.15, 0.2) is 77.0 Å². The van der Waals surface area contributed by atoms with Crippen LogP contribution in [0.2, 0.25) is 0 Å². The number of sulfone groups is 1. The summed E-state index contributed by atoms with van der Waals surface area (Å²) in [6.45, 7) is 0.979. The fourth-order valence-electron chi connectivity index (χ4n) is 4.12. The molecule has 2 atom stereocenters. The molecule has 2 aromatic carbocycles. The van der Waals surface area contributed by atoms with Gasteiger partial charge in [-0.15, -0.1) is 0 Å². The number of nitrogens with one attached hydrogen (secondary N) is 1. The van der Waals surface area contributed by atoms with Crippen molar-refractivity contribution in [3.05, 3.63) is 78.1 Å². The molecule has 4 rings (SSSR count). The predicted octanol–water partition coefficient (Wildman–Crippen LogP) is 3.60. The molecule has 0 spiro atoms. The van der Waals surface area contributed by atoms with Gasteiger partial charge in [-0.3, -0.25) is 0 Å². The molecular weight excluding hydrogens is 398 g/mol. The van der Waals surface area contributed by atoms with E-state index in [1.54, 1.807) is 31.4 Å². The van der Waals surface area contributed by atoms with Crippen LogP contribution in [0.25, 0.3) is 0 Å². The molecular formula is C23H25N3O3S. The van der Waals surface area contributed by atoms with Gasteiger partial charge in [-0.05, 0) is 67.1 Å². The summed E-state index contributed by atoms with van der Waals surface area (Å²) >= 11 is 0. The summed E-state index contributed by atoms with van der Waals surface area (Å²) in [5.74, 6) is 1.03. The van der Waals surface area contributed by atoms with Crippen LogP contribution < -0.4 is 10.1 Å². The summed E-state index contributed by atoms with van der Waals surface area (Å²) in [7, 11) is -2.17. The van der Waals surface area contributed by atoms with Crippen molar-refractivity contribution < 1.29 is 13.2 Å². The minimum Gasteiger partial charge on any atom is -0.496 e. The van der Waals surface area contributed by atoms with Gasteiger partial charge in [0.1, 0.15) is 5.75 Å². The third-order valence-corrected chi connectivity index (χ3v) is 7.14. The highest BCUT2D eigenvalue weighted by atomic mass is 32.2. The van der Waals surface area contributed by atoms with Crippen LogP contribution in [-0.4, -0.2) is 32.0 Å². The first kappa shape index (κ1) is 20.5. The van der Waals surface area contributed by atoms with E-state index in [1.165, 1.54) is 18.0 Å². The minimum atomic E-state index is -3.79. The fraction of sp³-hybridized carbons (Fsp3) is 0.304. The van der Waals surface area contributed by atoms with Crippen molar-refractivity contribution in [3.63, 3.8) is 0 Å². The van der Waals surface area contributed by atoms with Gasteiger partial charge in [0.2, 0.25) is 9.84 Å². The Morgan fingerprint density at radius 3 is 2.57 bits per heavy atom. The van der Waals surface area contributed by atoms with Crippen LogP contribution in [0.5, 0.6) is 5.75 Å². The van der Waals surface area contributed by atoms with Crippen molar-refractivity contribution in [2.45, 2.75) is 35.4 Å². The van der Waals surface area contributed by atoms with Gasteiger partial charge >= 0.3 is 0 Å². The van der Waals surface area contributed by atoms with Gasteiger partial charge < -0.3 is 10.1 Å². The second-order valence-electron chi connectivity index (χ2n) is 7.46. The lowest BCUT2D eigenvalue weighted by molar-refractivity contribution is 0.279. The molecule has 0 aliphatic carbocycles. The lowest BCUT2D eigenvalue weighted by Gasteiger charge is -2.33. The molecule has 2 heterocycles. The normalized spacial score (nSPS) is 19.4. The van der Waals surface area contributed by atoms with Gasteiger partial charge in [-0.25, -0.2) is 18.4 Å². The third-order valence-electron chi connectivity index (χ3n) is 5.57. The third kappa shape index (κ3) is 4.22. The van der Waals surface area contributed by atoms with E-state index < -0.39 is 9.84 Å². The molecule has 3 aromatic rings. The maximum Gasteiger partial charge on any atom is 0.251 e. The molecule has 156 valence electrons. The number of benzene rings is 2. The molecule has 1 aliphatic rings. The number of rotatable bonds is 6. The molecule has 1 fully saturated rings. The summed E-state index contributed by atoms with van der Waals surface area (Å²) in [5, 5.41) is 3.44. The molecule has 6 nitrogen and oxygen atoms in total. The molecule has 1 unspecified atom stereocenters. The molecule has 0 bridgehead atoms. The summed E-state index contributed by atoms with van der Waals surface area (Å²) in [6, 6.07) is 17.2. The summed E-state index contributed by atoms with van der Waals surface area (Å²) < 4.78 is 31.5. The van der Waals surface area contributed by atoms with Crippen LogP contribution in [0, 0.1) is 5.92 Å². The van der Waals surface area contributed by atoms with Gasteiger partial charge in [0.15, 0.2) is 0 Å². The zero-order chi connectivity index (χ0) is 21.0. The zero-order valence-electron chi connectivity index (χ0n) is 16.9. The summed E-state index contributed by atoms with van der Waals surface area (Å²) in [5.41, 5.74) is 2.13. The lowest BCUT2D eigenvalue weighted by atomic mass is 9.82. The first-order valence-corrected chi connectivity index (χ1v) is 11.6. The first-order chi connectivity index (χ1) is 14.6. The maximum absolute atomic E-state index is 13.0. The number of methoxy groups -OCH3 is 1. The Morgan fingerprint density at radius 1 is 1.07 bits per heavy atom. The van der Waals surface area contributed by atoms with Crippen molar-refractivity contribution in [2.24, 2.45) is 5.92 Å². The van der Waals surface area contributed by atoms with Crippen LogP contribution in [0.1, 0.15) is 30.0 Å².